The number of rotatable bonds is 7. The highest BCUT2D eigenvalue weighted by Crippen LogP contribution is 2.35. The predicted molar refractivity (Wildman–Crippen MR) is 115 cm³/mol. The van der Waals surface area contributed by atoms with Crippen LogP contribution in [0.5, 0.6) is 5.75 Å². The van der Waals surface area contributed by atoms with Gasteiger partial charge in [0, 0.05) is 10.5 Å². The standard InChI is InChI=1S/C23H21F4NO4S/c1-12-7-15(32-22(3,4)21(29)30)10-16(8-12)33-11-19-13(2)28-20(31-19)14-5-6-17(18(24)9-14)23(25,26)27/h5-10H,11H2,1-4H3,(H,29,30). The van der Waals surface area contributed by atoms with Crippen LogP contribution in [-0.2, 0) is 16.7 Å². The highest BCUT2D eigenvalue weighted by Gasteiger charge is 2.34. The van der Waals surface area contributed by atoms with E-state index < -0.39 is 29.1 Å². The van der Waals surface area contributed by atoms with Crippen LogP contribution in [-0.4, -0.2) is 21.7 Å². The average molecular weight is 483 g/mol. The van der Waals surface area contributed by atoms with Crippen LogP contribution in [0.15, 0.2) is 45.7 Å². The summed E-state index contributed by atoms with van der Waals surface area (Å²) in [6.45, 7) is 6.44. The molecule has 0 atom stereocenters. The van der Waals surface area contributed by atoms with Crippen molar-refractivity contribution in [3.63, 3.8) is 0 Å². The molecule has 1 heterocycles. The molecule has 3 rings (SSSR count). The minimum absolute atomic E-state index is 0.0206. The summed E-state index contributed by atoms with van der Waals surface area (Å²) in [5.74, 6) is -1.25. The molecular formula is C23H21F4NO4S. The molecule has 5 nitrogen and oxygen atoms in total. The first-order valence-corrected chi connectivity index (χ1v) is 10.7. The number of aromatic nitrogens is 1. The molecule has 0 radical (unpaired) electrons. The van der Waals surface area contributed by atoms with Gasteiger partial charge in [0.1, 0.15) is 17.3 Å². The van der Waals surface area contributed by atoms with Crippen molar-refractivity contribution in [2.24, 2.45) is 0 Å². The first-order valence-electron chi connectivity index (χ1n) is 9.76. The fraction of sp³-hybridized carbons (Fsp3) is 0.304. The summed E-state index contributed by atoms with van der Waals surface area (Å²) in [5, 5.41) is 9.26. The highest BCUT2D eigenvalue weighted by atomic mass is 32.2. The van der Waals surface area contributed by atoms with Gasteiger partial charge in [-0.15, -0.1) is 11.8 Å². The van der Waals surface area contributed by atoms with E-state index in [0.29, 0.717) is 29.0 Å². The molecule has 2 aromatic carbocycles. The number of benzene rings is 2. The molecule has 0 aliphatic carbocycles. The molecule has 0 unspecified atom stereocenters. The van der Waals surface area contributed by atoms with E-state index in [1.54, 1.807) is 19.1 Å². The molecule has 1 N–H and O–H groups in total. The monoisotopic (exact) mass is 483 g/mol. The van der Waals surface area contributed by atoms with Crippen LogP contribution in [0.25, 0.3) is 11.5 Å². The maximum absolute atomic E-state index is 13.9. The number of carbonyl (C=O) groups is 1. The van der Waals surface area contributed by atoms with Crippen molar-refractivity contribution in [3.05, 3.63) is 64.8 Å². The average Bonchev–Trinajstić information content (AvgIpc) is 3.05. The molecule has 0 amide bonds. The fourth-order valence-corrected chi connectivity index (χ4v) is 3.94. The summed E-state index contributed by atoms with van der Waals surface area (Å²) in [6.07, 6.45) is -4.78. The van der Waals surface area contributed by atoms with Crippen LogP contribution >= 0.6 is 11.8 Å². The molecule has 0 saturated carbocycles. The van der Waals surface area contributed by atoms with Crippen LogP contribution in [0.1, 0.15) is 36.4 Å². The Labute approximate surface area is 191 Å². The van der Waals surface area contributed by atoms with Gasteiger partial charge in [-0.25, -0.2) is 14.2 Å². The van der Waals surface area contributed by atoms with Crippen LogP contribution in [0.4, 0.5) is 17.6 Å². The summed E-state index contributed by atoms with van der Waals surface area (Å²) in [7, 11) is 0. The highest BCUT2D eigenvalue weighted by molar-refractivity contribution is 7.98. The Morgan fingerprint density at radius 3 is 2.45 bits per heavy atom. The molecule has 3 aromatic rings. The van der Waals surface area contributed by atoms with Gasteiger partial charge in [-0.1, -0.05) is 0 Å². The van der Waals surface area contributed by atoms with E-state index in [-0.39, 0.29) is 11.5 Å². The topological polar surface area (TPSA) is 72.6 Å². The van der Waals surface area contributed by atoms with E-state index >= 15 is 0 Å². The van der Waals surface area contributed by atoms with Gasteiger partial charge in [0.15, 0.2) is 5.60 Å². The number of carboxylic acid groups (broad SMARTS) is 1. The van der Waals surface area contributed by atoms with E-state index in [1.165, 1.54) is 25.6 Å². The van der Waals surface area contributed by atoms with Crippen molar-refractivity contribution >= 4 is 17.7 Å². The first kappa shape index (κ1) is 24.6. The lowest BCUT2D eigenvalue weighted by atomic mass is 10.1. The normalized spacial score (nSPS) is 12.1. The van der Waals surface area contributed by atoms with Crippen LogP contribution in [0.2, 0.25) is 0 Å². The van der Waals surface area contributed by atoms with Crippen LogP contribution in [0.3, 0.4) is 0 Å². The lowest BCUT2D eigenvalue weighted by Gasteiger charge is -2.22. The summed E-state index contributed by atoms with van der Waals surface area (Å²) >= 11 is 1.38. The Balaban J connectivity index is 1.78. The molecule has 0 bridgehead atoms. The third-order valence-corrected chi connectivity index (χ3v) is 5.67. The maximum Gasteiger partial charge on any atom is 0.419 e. The van der Waals surface area contributed by atoms with Gasteiger partial charge < -0.3 is 14.3 Å². The van der Waals surface area contributed by atoms with Crippen LogP contribution in [0, 0.1) is 19.7 Å². The molecular weight excluding hydrogens is 462 g/mol. The number of aliphatic carboxylic acids is 1. The summed E-state index contributed by atoms with van der Waals surface area (Å²) < 4.78 is 63.5. The third kappa shape index (κ3) is 5.87. The van der Waals surface area contributed by atoms with Crippen molar-refractivity contribution in [2.75, 3.05) is 0 Å². The van der Waals surface area contributed by atoms with Crippen molar-refractivity contribution in [3.8, 4) is 17.2 Å². The summed E-state index contributed by atoms with van der Waals surface area (Å²) in [5.41, 5.74) is -1.26. The number of nitrogens with zero attached hydrogens (tertiary/aromatic N) is 1. The zero-order valence-electron chi connectivity index (χ0n) is 18.2. The lowest BCUT2D eigenvalue weighted by Crippen LogP contribution is -2.37. The van der Waals surface area contributed by atoms with Crippen molar-refractivity contribution in [1.29, 1.82) is 0 Å². The number of thioether (sulfide) groups is 1. The molecule has 0 fully saturated rings. The van der Waals surface area contributed by atoms with Gasteiger partial charge in [-0.2, -0.15) is 13.2 Å². The van der Waals surface area contributed by atoms with Gasteiger partial charge in [-0.05, 0) is 69.7 Å². The molecule has 0 spiro atoms. The van der Waals surface area contributed by atoms with E-state index in [0.717, 1.165) is 22.6 Å². The van der Waals surface area contributed by atoms with E-state index in [4.69, 9.17) is 9.15 Å². The zero-order chi connectivity index (χ0) is 24.6. The second-order valence-corrected chi connectivity index (χ2v) is 8.96. The van der Waals surface area contributed by atoms with Gasteiger partial charge in [0.25, 0.3) is 0 Å². The number of hydrogen-bond acceptors (Lipinski definition) is 5. The Hall–Kier alpha value is -3.01. The molecule has 0 aliphatic rings. The third-order valence-electron chi connectivity index (χ3n) is 4.70. The largest absolute Gasteiger partial charge is 0.478 e. The number of ether oxygens (including phenoxy) is 1. The second kappa shape index (κ2) is 9.09. The van der Waals surface area contributed by atoms with Gasteiger partial charge in [-0.3, -0.25) is 0 Å². The summed E-state index contributed by atoms with van der Waals surface area (Å²) in [4.78, 5) is 16.3. The van der Waals surface area contributed by atoms with Gasteiger partial charge in [0.2, 0.25) is 5.89 Å². The minimum Gasteiger partial charge on any atom is -0.478 e. The zero-order valence-corrected chi connectivity index (χ0v) is 19.0. The molecule has 0 saturated heterocycles. The number of alkyl halides is 3. The Bertz CT molecular complexity index is 1190. The quantitative estimate of drug-likeness (QED) is 0.300. The number of carboxylic acids is 1. The SMILES string of the molecule is Cc1cc(OC(C)(C)C(=O)O)cc(SCc2oc(-c3ccc(C(F)(F)F)c(F)c3)nc2C)c1. The van der Waals surface area contributed by atoms with E-state index in [1.807, 2.05) is 13.0 Å². The molecule has 10 heteroatoms. The second-order valence-electron chi connectivity index (χ2n) is 7.91. The number of halogens is 4. The molecule has 33 heavy (non-hydrogen) atoms. The number of oxazole rings is 1. The van der Waals surface area contributed by atoms with Gasteiger partial charge in [0.05, 0.1) is 17.0 Å². The Morgan fingerprint density at radius 1 is 1.15 bits per heavy atom. The molecule has 1 aromatic heterocycles. The molecule has 0 aliphatic heterocycles. The predicted octanol–water partition coefficient (Wildman–Crippen LogP) is 6.65. The van der Waals surface area contributed by atoms with Gasteiger partial charge >= 0.3 is 12.1 Å². The summed E-state index contributed by atoms with van der Waals surface area (Å²) in [6, 6.07) is 7.85. The van der Waals surface area contributed by atoms with Crippen molar-refractivity contribution < 1.29 is 36.6 Å². The first-order chi connectivity index (χ1) is 15.3. The van der Waals surface area contributed by atoms with E-state index in [2.05, 4.69) is 4.98 Å². The molecule has 176 valence electrons. The number of aryl methyl sites for hydroxylation is 2. The fourth-order valence-electron chi connectivity index (χ4n) is 2.91. The Morgan fingerprint density at radius 2 is 1.85 bits per heavy atom. The Kier molecular flexibility index (Phi) is 6.78. The smallest absolute Gasteiger partial charge is 0.419 e. The minimum atomic E-state index is -4.78. The van der Waals surface area contributed by atoms with E-state index in [9.17, 15) is 27.5 Å². The van der Waals surface area contributed by atoms with Crippen LogP contribution < -0.4 is 4.74 Å². The van der Waals surface area contributed by atoms with Crippen molar-refractivity contribution in [1.82, 2.24) is 4.98 Å². The lowest BCUT2D eigenvalue weighted by molar-refractivity contribution is -0.152. The maximum atomic E-state index is 13.9. The number of hydrogen-bond donors (Lipinski definition) is 1. The van der Waals surface area contributed by atoms with Crippen molar-refractivity contribution in [2.45, 2.75) is 50.1 Å².